The maximum absolute atomic E-state index is 5.74. The highest BCUT2D eigenvalue weighted by Crippen LogP contribution is 2.11. The Morgan fingerprint density at radius 3 is 2.25 bits per heavy atom. The molecule has 0 saturated heterocycles. The zero-order valence-corrected chi connectivity index (χ0v) is 14.4. The number of thiazole rings is 1. The Morgan fingerprint density at radius 1 is 1.00 bits per heavy atom. The molecule has 1 aromatic rings. The van der Waals surface area contributed by atoms with E-state index in [1.807, 2.05) is 11.3 Å². The van der Waals surface area contributed by atoms with E-state index in [2.05, 4.69) is 31.0 Å². The van der Waals surface area contributed by atoms with Crippen molar-refractivity contribution in [2.24, 2.45) is 7.05 Å². The molecule has 0 radical (unpaired) electrons. The maximum atomic E-state index is 5.74. The Kier molecular flexibility index (Phi) is 9.94. The van der Waals surface area contributed by atoms with Gasteiger partial charge >= 0.3 is 0 Å². The molecule has 1 rings (SSSR count). The predicted molar refractivity (Wildman–Crippen MR) is 87.4 cm³/mol. The van der Waals surface area contributed by atoms with Crippen LogP contribution in [0.5, 0.6) is 0 Å². The molecule has 0 aliphatic rings. The summed E-state index contributed by atoms with van der Waals surface area (Å²) in [5.74, 6) is 0. The van der Waals surface area contributed by atoms with Gasteiger partial charge in [0.25, 0.3) is 0 Å². The van der Waals surface area contributed by atoms with Gasteiger partial charge in [-0.05, 0) is 6.42 Å². The van der Waals surface area contributed by atoms with Gasteiger partial charge in [0.05, 0.1) is 11.5 Å². The topological polar surface area (TPSA) is 13.1 Å². The molecule has 0 saturated carbocycles. The van der Waals surface area contributed by atoms with E-state index in [9.17, 15) is 0 Å². The second-order valence-corrected chi connectivity index (χ2v) is 6.62. The molecule has 0 spiro atoms. The van der Waals surface area contributed by atoms with Gasteiger partial charge in [-0.3, -0.25) is 0 Å². The molecule has 0 N–H and O–H groups in total. The van der Waals surface area contributed by atoms with E-state index >= 15 is 0 Å². The molecular weight excluding hydrogens is 266 g/mol. The molecule has 0 fully saturated rings. The number of rotatable bonds is 12. The standard InChI is InChI=1S/C17H32NOS/c1-4-5-6-7-8-9-10-11-13-19-14-12-17-16(2)18(3)15-20-17/h15H,4-14H2,1-3H3/q+1. The van der Waals surface area contributed by atoms with Crippen molar-refractivity contribution in [2.45, 2.75) is 71.6 Å². The number of aromatic nitrogens is 1. The minimum Gasteiger partial charge on any atom is -0.381 e. The normalized spacial score (nSPS) is 11.2. The summed E-state index contributed by atoms with van der Waals surface area (Å²) < 4.78 is 7.94. The van der Waals surface area contributed by atoms with Crippen LogP contribution in [0.4, 0.5) is 0 Å². The zero-order valence-electron chi connectivity index (χ0n) is 13.6. The van der Waals surface area contributed by atoms with Crippen LogP contribution in [-0.4, -0.2) is 13.2 Å². The van der Waals surface area contributed by atoms with Crippen molar-refractivity contribution in [3.8, 4) is 0 Å². The van der Waals surface area contributed by atoms with Crippen molar-refractivity contribution in [2.75, 3.05) is 13.2 Å². The molecule has 20 heavy (non-hydrogen) atoms. The van der Waals surface area contributed by atoms with Crippen molar-refractivity contribution in [3.05, 3.63) is 16.1 Å². The van der Waals surface area contributed by atoms with E-state index < -0.39 is 0 Å². The quantitative estimate of drug-likeness (QED) is 0.406. The highest BCUT2D eigenvalue weighted by atomic mass is 32.1. The predicted octanol–water partition coefficient (Wildman–Crippen LogP) is 4.58. The van der Waals surface area contributed by atoms with Crippen molar-refractivity contribution < 1.29 is 9.30 Å². The van der Waals surface area contributed by atoms with Crippen molar-refractivity contribution >= 4 is 11.3 Å². The fraction of sp³-hybridized carbons (Fsp3) is 0.824. The first kappa shape index (κ1) is 17.6. The van der Waals surface area contributed by atoms with Gasteiger partial charge in [0.1, 0.15) is 7.05 Å². The lowest BCUT2D eigenvalue weighted by molar-refractivity contribution is -0.673. The van der Waals surface area contributed by atoms with Crippen LogP contribution in [-0.2, 0) is 18.2 Å². The Bertz CT molecular complexity index is 349. The molecular formula is C17H32NOS+. The minimum atomic E-state index is 0.873. The first-order valence-corrected chi connectivity index (χ1v) is 9.14. The molecule has 0 aliphatic heterocycles. The molecule has 116 valence electrons. The lowest BCUT2D eigenvalue weighted by Crippen LogP contribution is -2.28. The number of nitrogens with zero attached hydrogens (tertiary/aromatic N) is 1. The number of aryl methyl sites for hydroxylation is 1. The number of unbranched alkanes of at least 4 members (excludes halogenated alkanes) is 7. The smallest absolute Gasteiger partial charge is 0.224 e. The zero-order chi connectivity index (χ0) is 14.6. The molecule has 0 aliphatic carbocycles. The largest absolute Gasteiger partial charge is 0.381 e. The van der Waals surface area contributed by atoms with Crippen molar-refractivity contribution in [1.29, 1.82) is 0 Å². The molecule has 3 heteroatoms. The fourth-order valence-electron chi connectivity index (χ4n) is 2.35. The minimum absolute atomic E-state index is 0.873. The van der Waals surface area contributed by atoms with Crippen LogP contribution in [0, 0.1) is 6.92 Å². The van der Waals surface area contributed by atoms with Crippen LogP contribution in [0.2, 0.25) is 0 Å². The molecule has 0 unspecified atom stereocenters. The van der Waals surface area contributed by atoms with Gasteiger partial charge in [-0.1, -0.05) is 63.2 Å². The Balaban J connectivity index is 1.87. The SMILES string of the molecule is CCCCCCCCCCOCCc1sc[n+](C)c1C. The second-order valence-electron chi connectivity index (χ2n) is 5.68. The Labute approximate surface area is 129 Å². The molecule has 0 atom stereocenters. The molecule has 1 heterocycles. The summed E-state index contributed by atoms with van der Waals surface area (Å²) in [5, 5.41) is 0. The summed E-state index contributed by atoms with van der Waals surface area (Å²) in [4.78, 5) is 1.46. The van der Waals surface area contributed by atoms with Gasteiger partial charge in [0, 0.05) is 20.0 Å². The summed E-state index contributed by atoms with van der Waals surface area (Å²) >= 11 is 1.84. The van der Waals surface area contributed by atoms with E-state index in [0.29, 0.717) is 0 Å². The number of ether oxygens (including phenoxy) is 1. The van der Waals surface area contributed by atoms with Crippen LogP contribution in [0.25, 0.3) is 0 Å². The first-order valence-electron chi connectivity index (χ1n) is 8.26. The van der Waals surface area contributed by atoms with E-state index in [1.165, 1.54) is 61.9 Å². The molecule has 2 nitrogen and oxygen atoms in total. The van der Waals surface area contributed by atoms with Gasteiger partial charge in [-0.25, -0.2) is 0 Å². The fourth-order valence-corrected chi connectivity index (χ4v) is 3.31. The van der Waals surface area contributed by atoms with Crippen molar-refractivity contribution in [1.82, 2.24) is 0 Å². The third kappa shape index (κ3) is 7.39. The Morgan fingerprint density at radius 2 is 1.65 bits per heavy atom. The molecule has 0 bridgehead atoms. The van der Waals surface area contributed by atoms with Gasteiger partial charge in [0.2, 0.25) is 5.51 Å². The van der Waals surface area contributed by atoms with E-state index in [-0.39, 0.29) is 0 Å². The third-order valence-electron chi connectivity index (χ3n) is 3.90. The summed E-state index contributed by atoms with van der Waals surface area (Å²) in [5.41, 5.74) is 3.55. The molecule has 1 aromatic heterocycles. The van der Waals surface area contributed by atoms with Crippen molar-refractivity contribution in [3.63, 3.8) is 0 Å². The second kappa shape index (κ2) is 11.3. The van der Waals surface area contributed by atoms with Crippen LogP contribution in [0.1, 0.15) is 68.9 Å². The average Bonchev–Trinajstić information content (AvgIpc) is 2.76. The monoisotopic (exact) mass is 298 g/mol. The van der Waals surface area contributed by atoms with Gasteiger partial charge in [0.15, 0.2) is 5.69 Å². The van der Waals surface area contributed by atoms with E-state index in [1.54, 1.807) is 0 Å². The third-order valence-corrected chi connectivity index (χ3v) is 5.11. The van der Waals surface area contributed by atoms with Crippen LogP contribution < -0.4 is 4.57 Å². The van der Waals surface area contributed by atoms with Gasteiger partial charge in [-0.2, -0.15) is 4.57 Å². The number of hydrogen-bond donors (Lipinski definition) is 0. The first-order chi connectivity index (χ1) is 9.75. The van der Waals surface area contributed by atoms with Gasteiger partial charge < -0.3 is 4.74 Å². The maximum Gasteiger partial charge on any atom is 0.224 e. The molecule has 0 amide bonds. The van der Waals surface area contributed by atoms with Crippen LogP contribution in [0.3, 0.4) is 0 Å². The highest BCUT2D eigenvalue weighted by Gasteiger charge is 2.10. The van der Waals surface area contributed by atoms with Gasteiger partial charge in [-0.15, -0.1) is 0 Å². The summed E-state index contributed by atoms with van der Waals surface area (Å²) in [6.45, 7) is 6.27. The molecule has 0 aromatic carbocycles. The summed E-state index contributed by atoms with van der Waals surface area (Å²) in [6, 6.07) is 0. The highest BCUT2D eigenvalue weighted by molar-refractivity contribution is 7.09. The average molecular weight is 299 g/mol. The van der Waals surface area contributed by atoms with E-state index in [4.69, 9.17) is 4.74 Å². The van der Waals surface area contributed by atoms with Crippen LogP contribution in [0.15, 0.2) is 5.51 Å². The van der Waals surface area contributed by atoms with E-state index in [0.717, 1.165) is 19.6 Å². The Hall–Kier alpha value is -0.410. The lowest BCUT2D eigenvalue weighted by atomic mass is 10.1. The van der Waals surface area contributed by atoms with Crippen LogP contribution >= 0.6 is 11.3 Å². The summed E-state index contributed by atoms with van der Waals surface area (Å²) in [6.07, 6.45) is 12.0. The number of hydrogen-bond acceptors (Lipinski definition) is 2. The lowest BCUT2D eigenvalue weighted by Gasteiger charge is -2.03. The summed E-state index contributed by atoms with van der Waals surface area (Å²) in [7, 11) is 2.11.